The van der Waals surface area contributed by atoms with Gasteiger partial charge in [0, 0.05) is 24.2 Å². The quantitative estimate of drug-likeness (QED) is 0.671. The van der Waals surface area contributed by atoms with Crippen molar-refractivity contribution in [2.75, 3.05) is 12.3 Å². The fraction of sp³-hybridized carbons (Fsp3) is 0.529. The van der Waals surface area contributed by atoms with E-state index in [1.165, 1.54) is 17.3 Å². The van der Waals surface area contributed by atoms with E-state index in [9.17, 15) is 9.59 Å². The zero-order valence-electron chi connectivity index (χ0n) is 12.8. The maximum Gasteiger partial charge on any atom is 0.188 e. The number of Topliss-reactive ketones (excluding diaryl/α,β-unsaturated/α-hetero) is 1. The summed E-state index contributed by atoms with van der Waals surface area (Å²) in [4.78, 5) is 23.4. The van der Waals surface area contributed by atoms with Crippen LogP contribution in [0.4, 0.5) is 0 Å². The van der Waals surface area contributed by atoms with E-state index < -0.39 is 0 Å². The van der Waals surface area contributed by atoms with Crippen molar-refractivity contribution in [2.45, 2.75) is 45.4 Å². The number of unbranched alkanes of at least 4 members (excludes halogenated alkanes) is 1. The van der Waals surface area contributed by atoms with Gasteiger partial charge in [0.25, 0.3) is 0 Å². The first-order valence-electron chi connectivity index (χ1n) is 7.65. The van der Waals surface area contributed by atoms with Gasteiger partial charge in [-0.15, -0.1) is 0 Å². The molecule has 0 saturated carbocycles. The Bertz CT molecular complexity index is 443. The molecule has 3 nitrogen and oxygen atoms in total. The highest BCUT2D eigenvalue weighted by Gasteiger charge is 2.06. The molecule has 0 amide bonds. The molecule has 0 unspecified atom stereocenters. The Kier molecular flexibility index (Phi) is 9.02. The van der Waals surface area contributed by atoms with Gasteiger partial charge in [0.1, 0.15) is 0 Å². The number of thioether (sulfide) groups is 1. The SMILES string of the molecule is CCCCC(=O)SCCc1ccc(C(=O)CCCN)cc1. The molecule has 0 aromatic heterocycles. The molecule has 0 aliphatic rings. The third kappa shape index (κ3) is 7.44. The van der Waals surface area contributed by atoms with Gasteiger partial charge in [0.15, 0.2) is 10.9 Å². The zero-order chi connectivity index (χ0) is 15.5. The molecule has 0 heterocycles. The molecule has 1 rings (SSSR count). The molecule has 0 bridgehead atoms. The molecular weight excluding hydrogens is 282 g/mol. The van der Waals surface area contributed by atoms with Crippen molar-refractivity contribution < 1.29 is 9.59 Å². The lowest BCUT2D eigenvalue weighted by Crippen LogP contribution is -2.05. The van der Waals surface area contributed by atoms with Gasteiger partial charge in [-0.3, -0.25) is 9.59 Å². The first-order valence-corrected chi connectivity index (χ1v) is 8.63. The number of hydrogen-bond acceptors (Lipinski definition) is 4. The van der Waals surface area contributed by atoms with Crippen molar-refractivity contribution in [3.8, 4) is 0 Å². The van der Waals surface area contributed by atoms with E-state index in [2.05, 4.69) is 6.92 Å². The summed E-state index contributed by atoms with van der Waals surface area (Å²) in [5, 5.41) is 0.283. The number of rotatable bonds is 10. The van der Waals surface area contributed by atoms with Crippen LogP contribution in [0.15, 0.2) is 24.3 Å². The minimum absolute atomic E-state index is 0.149. The molecule has 0 spiro atoms. The number of carbonyl (C=O) groups is 2. The zero-order valence-corrected chi connectivity index (χ0v) is 13.6. The number of benzene rings is 1. The Hall–Kier alpha value is -1.13. The van der Waals surface area contributed by atoms with Gasteiger partial charge >= 0.3 is 0 Å². The lowest BCUT2D eigenvalue weighted by atomic mass is 10.0. The Morgan fingerprint density at radius 2 is 1.81 bits per heavy atom. The minimum Gasteiger partial charge on any atom is -0.330 e. The second kappa shape index (κ2) is 10.6. The molecule has 116 valence electrons. The van der Waals surface area contributed by atoms with Crippen molar-refractivity contribution >= 4 is 22.7 Å². The summed E-state index contributed by atoms with van der Waals surface area (Å²) in [6.45, 7) is 2.64. The summed E-state index contributed by atoms with van der Waals surface area (Å²) in [5.74, 6) is 0.958. The Labute approximate surface area is 131 Å². The van der Waals surface area contributed by atoms with Crippen molar-refractivity contribution in [3.63, 3.8) is 0 Å². The van der Waals surface area contributed by atoms with Crippen LogP contribution >= 0.6 is 11.8 Å². The number of carbonyl (C=O) groups excluding carboxylic acids is 2. The van der Waals surface area contributed by atoms with E-state index in [0.717, 1.165) is 37.0 Å². The van der Waals surface area contributed by atoms with E-state index in [4.69, 9.17) is 5.73 Å². The fourth-order valence-electron chi connectivity index (χ4n) is 1.94. The monoisotopic (exact) mass is 307 g/mol. The van der Waals surface area contributed by atoms with Gasteiger partial charge in [-0.1, -0.05) is 49.4 Å². The van der Waals surface area contributed by atoms with Gasteiger partial charge in [0.05, 0.1) is 0 Å². The largest absolute Gasteiger partial charge is 0.330 e. The summed E-state index contributed by atoms with van der Waals surface area (Å²) in [7, 11) is 0. The third-order valence-electron chi connectivity index (χ3n) is 3.27. The molecule has 0 atom stereocenters. The van der Waals surface area contributed by atoms with Crippen molar-refractivity contribution in [2.24, 2.45) is 5.73 Å². The lowest BCUT2D eigenvalue weighted by Gasteiger charge is -2.04. The van der Waals surface area contributed by atoms with E-state index in [0.29, 0.717) is 19.4 Å². The predicted octanol–water partition coefficient (Wildman–Crippen LogP) is 3.60. The molecule has 1 aromatic rings. The normalized spacial score (nSPS) is 10.6. The summed E-state index contributed by atoms with van der Waals surface area (Å²) in [6.07, 6.45) is 4.82. The smallest absolute Gasteiger partial charge is 0.188 e. The van der Waals surface area contributed by atoms with Crippen LogP contribution in [-0.4, -0.2) is 23.2 Å². The molecule has 0 radical (unpaired) electrons. The first-order chi connectivity index (χ1) is 10.2. The minimum atomic E-state index is 0.149. The molecule has 0 saturated heterocycles. The highest BCUT2D eigenvalue weighted by molar-refractivity contribution is 8.13. The van der Waals surface area contributed by atoms with Gasteiger partial charge < -0.3 is 5.73 Å². The van der Waals surface area contributed by atoms with E-state index in [1.54, 1.807) is 0 Å². The van der Waals surface area contributed by atoms with Gasteiger partial charge in [-0.05, 0) is 31.4 Å². The molecule has 0 aliphatic heterocycles. The van der Waals surface area contributed by atoms with E-state index in [-0.39, 0.29) is 10.9 Å². The van der Waals surface area contributed by atoms with Crippen molar-refractivity contribution in [3.05, 3.63) is 35.4 Å². The van der Waals surface area contributed by atoms with Crippen LogP contribution in [0.3, 0.4) is 0 Å². The molecular formula is C17H25NO2S. The number of aryl methyl sites for hydroxylation is 1. The average molecular weight is 307 g/mol. The predicted molar refractivity (Wildman–Crippen MR) is 89.8 cm³/mol. The average Bonchev–Trinajstić information content (AvgIpc) is 2.51. The highest BCUT2D eigenvalue weighted by atomic mass is 32.2. The molecule has 0 fully saturated rings. The second-order valence-corrected chi connectivity index (χ2v) is 6.24. The number of nitrogens with two attached hydrogens (primary N) is 1. The molecule has 21 heavy (non-hydrogen) atoms. The maximum absolute atomic E-state index is 11.8. The van der Waals surface area contributed by atoms with Crippen LogP contribution in [0.1, 0.15) is 54.9 Å². The Balaban J connectivity index is 2.34. The van der Waals surface area contributed by atoms with Crippen molar-refractivity contribution in [1.82, 2.24) is 0 Å². The third-order valence-corrected chi connectivity index (χ3v) is 4.21. The van der Waals surface area contributed by atoms with Crippen LogP contribution in [0.2, 0.25) is 0 Å². The topological polar surface area (TPSA) is 60.2 Å². The molecule has 0 aliphatic carbocycles. The summed E-state index contributed by atoms with van der Waals surface area (Å²) >= 11 is 1.41. The highest BCUT2D eigenvalue weighted by Crippen LogP contribution is 2.13. The van der Waals surface area contributed by atoms with Crippen LogP contribution in [0.5, 0.6) is 0 Å². The maximum atomic E-state index is 11.8. The van der Waals surface area contributed by atoms with E-state index >= 15 is 0 Å². The van der Waals surface area contributed by atoms with Crippen molar-refractivity contribution in [1.29, 1.82) is 0 Å². The molecule has 2 N–H and O–H groups in total. The Morgan fingerprint density at radius 1 is 1.10 bits per heavy atom. The summed E-state index contributed by atoms with van der Waals surface area (Å²) in [5.41, 5.74) is 7.32. The second-order valence-electron chi connectivity index (χ2n) is 5.09. The lowest BCUT2D eigenvalue weighted by molar-refractivity contribution is -0.111. The van der Waals surface area contributed by atoms with E-state index in [1.807, 2.05) is 24.3 Å². The summed E-state index contributed by atoms with van der Waals surface area (Å²) in [6, 6.07) is 7.70. The van der Waals surface area contributed by atoms with Crippen LogP contribution in [-0.2, 0) is 11.2 Å². The van der Waals surface area contributed by atoms with Gasteiger partial charge in [0.2, 0.25) is 0 Å². The number of ketones is 1. The van der Waals surface area contributed by atoms with Crippen LogP contribution in [0.25, 0.3) is 0 Å². The summed E-state index contributed by atoms with van der Waals surface area (Å²) < 4.78 is 0. The number of hydrogen-bond donors (Lipinski definition) is 1. The molecule has 1 aromatic carbocycles. The van der Waals surface area contributed by atoms with Gasteiger partial charge in [-0.2, -0.15) is 0 Å². The first kappa shape index (κ1) is 17.9. The van der Waals surface area contributed by atoms with Crippen LogP contribution in [0, 0.1) is 0 Å². The van der Waals surface area contributed by atoms with Gasteiger partial charge in [-0.25, -0.2) is 0 Å². The standard InChI is InChI=1S/C17H25NO2S/c1-2-3-6-17(20)21-13-11-14-7-9-15(10-8-14)16(19)5-4-12-18/h7-10H,2-6,11-13,18H2,1H3. The van der Waals surface area contributed by atoms with Crippen LogP contribution < -0.4 is 5.73 Å². The molecule has 4 heteroatoms. The Morgan fingerprint density at radius 3 is 2.43 bits per heavy atom. The fourth-order valence-corrected chi connectivity index (χ4v) is 2.79.